The zero-order chi connectivity index (χ0) is 22.5. The molecule has 0 spiro atoms. The lowest BCUT2D eigenvalue weighted by Gasteiger charge is -2.12. The summed E-state index contributed by atoms with van der Waals surface area (Å²) in [7, 11) is 3.18. The number of nitrogens with zero attached hydrogens (tertiary/aromatic N) is 2. The number of aromatic carboxylic acids is 1. The van der Waals surface area contributed by atoms with E-state index in [0.29, 0.717) is 27.3 Å². The molecule has 3 rings (SSSR count). The molecule has 0 bridgehead atoms. The van der Waals surface area contributed by atoms with Gasteiger partial charge in [0.15, 0.2) is 16.7 Å². The van der Waals surface area contributed by atoms with E-state index < -0.39 is 5.97 Å². The third-order valence-electron chi connectivity index (χ3n) is 4.19. The van der Waals surface area contributed by atoms with Crippen LogP contribution in [0.15, 0.2) is 46.3 Å². The average molecular weight is 548 g/mol. The summed E-state index contributed by atoms with van der Waals surface area (Å²) in [5.41, 5.74) is 1.50. The van der Waals surface area contributed by atoms with Gasteiger partial charge in [-0.25, -0.2) is 9.79 Å². The number of carbonyl (C=O) groups is 2. The van der Waals surface area contributed by atoms with Crippen LogP contribution in [0.2, 0.25) is 0 Å². The van der Waals surface area contributed by atoms with Gasteiger partial charge < -0.3 is 14.6 Å². The molecule has 7 nitrogen and oxygen atoms in total. The number of hydrogen-bond acceptors (Lipinski definition) is 6. The Balaban J connectivity index is 1.88. The van der Waals surface area contributed by atoms with E-state index in [4.69, 9.17) is 21.0 Å². The Morgan fingerprint density at radius 1 is 1.35 bits per heavy atom. The van der Waals surface area contributed by atoms with Crippen LogP contribution in [-0.4, -0.2) is 47.8 Å². The molecule has 0 saturated carbocycles. The first-order chi connectivity index (χ1) is 14.8. The normalized spacial score (nSPS) is 15.9. The maximum absolute atomic E-state index is 12.7. The molecule has 31 heavy (non-hydrogen) atoms. The Morgan fingerprint density at radius 3 is 2.68 bits per heavy atom. The van der Waals surface area contributed by atoms with Crippen LogP contribution in [0, 0.1) is 15.9 Å². The van der Waals surface area contributed by atoms with Crippen LogP contribution in [-0.2, 0) is 4.79 Å². The van der Waals surface area contributed by atoms with E-state index in [0.717, 1.165) is 9.13 Å². The summed E-state index contributed by atoms with van der Waals surface area (Å²) in [6.07, 6.45) is 7.02. The second-order valence-corrected chi connectivity index (χ2v) is 8.42. The number of carboxylic acid groups (broad SMARTS) is 1. The molecule has 9 heteroatoms. The van der Waals surface area contributed by atoms with Gasteiger partial charge in [-0.15, -0.1) is 6.42 Å². The number of terminal acetylenes is 1. The van der Waals surface area contributed by atoms with Crippen LogP contribution >= 0.6 is 34.4 Å². The zero-order valence-corrected chi connectivity index (χ0v) is 19.6. The smallest absolute Gasteiger partial charge is 0.335 e. The van der Waals surface area contributed by atoms with Gasteiger partial charge in [0.2, 0.25) is 0 Å². The fourth-order valence-corrected chi connectivity index (χ4v) is 4.44. The Morgan fingerprint density at radius 2 is 2.06 bits per heavy atom. The van der Waals surface area contributed by atoms with Crippen LogP contribution in [0.5, 0.6) is 11.5 Å². The topological polar surface area (TPSA) is 88.4 Å². The molecule has 2 aromatic carbocycles. The maximum Gasteiger partial charge on any atom is 0.335 e. The number of likely N-dealkylation sites (N-methyl/N-ethyl adjacent to an activating group) is 1. The van der Waals surface area contributed by atoms with Gasteiger partial charge in [0.1, 0.15) is 6.61 Å². The van der Waals surface area contributed by atoms with Crippen LogP contribution < -0.4 is 9.47 Å². The summed E-state index contributed by atoms with van der Waals surface area (Å²) in [5.74, 6) is 2.30. The van der Waals surface area contributed by atoms with Gasteiger partial charge in [-0.1, -0.05) is 5.92 Å². The predicted molar refractivity (Wildman–Crippen MR) is 129 cm³/mol. The number of amidine groups is 1. The summed E-state index contributed by atoms with van der Waals surface area (Å²) < 4.78 is 11.8. The molecule has 0 unspecified atom stereocenters. The first-order valence-corrected chi connectivity index (χ1v) is 10.8. The molecule has 0 aromatic heterocycles. The number of ether oxygens (including phenoxy) is 2. The number of aliphatic imine (C=N–C) groups is 1. The summed E-state index contributed by atoms with van der Waals surface area (Å²) >= 11 is 3.36. The molecule has 0 aliphatic carbocycles. The van der Waals surface area contributed by atoms with Crippen LogP contribution in [0.4, 0.5) is 5.69 Å². The van der Waals surface area contributed by atoms with Gasteiger partial charge in [-0.3, -0.25) is 9.69 Å². The van der Waals surface area contributed by atoms with Crippen molar-refractivity contribution in [1.82, 2.24) is 4.90 Å². The van der Waals surface area contributed by atoms with Gasteiger partial charge >= 0.3 is 5.97 Å². The Bertz CT molecular complexity index is 1140. The van der Waals surface area contributed by atoms with Gasteiger partial charge in [0, 0.05) is 7.05 Å². The average Bonchev–Trinajstić information content (AvgIpc) is 3.00. The number of methoxy groups -OCH3 is 1. The summed E-state index contributed by atoms with van der Waals surface area (Å²) in [4.78, 5) is 30.1. The fraction of sp³-hybridized carbons (Fsp3) is 0.136. The third kappa shape index (κ3) is 5.21. The van der Waals surface area contributed by atoms with Crippen molar-refractivity contribution in [2.45, 2.75) is 0 Å². The first kappa shape index (κ1) is 22.7. The van der Waals surface area contributed by atoms with E-state index in [-0.39, 0.29) is 18.1 Å². The minimum atomic E-state index is -1.01. The van der Waals surface area contributed by atoms with E-state index in [9.17, 15) is 9.59 Å². The minimum absolute atomic E-state index is 0.124. The monoisotopic (exact) mass is 548 g/mol. The van der Waals surface area contributed by atoms with E-state index in [2.05, 4.69) is 33.5 Å². The second-order valence-electron chi connectivity index (χ2n) is 6.25. The standard InChI is InChI=1S/C22H17IN2O5S/c1-4-9-30-19-16(23)10-13(11-17(19)29-3)12-18-20(26)25(2)22(31-18)24-15-7-5-14(6-8-15)21(27)28/h1,5-8,10-12H,9H2,2-3H3,(H,27,28)/b18-12-,24-22?. The summed E-state index contributed by atoms with van der Waals surface area (Å²) in [6, 6.07) is 9.78. The molecule has 2 aromatic rings. The number of thioether (sulfide) groups is 1. The number of amides is 1. The quantitative estimate of drug-likeness (QED) is 0.330. The summed E-state index contributed by atoms with van der Waals surface area (Å²) in [5, 5.41) is 9.50. The number of hydrogen-bond donors (Lipinski definition) is 1. The highest BCUT2D eigenvalue weighted by molar-refractivity contribution is 14.1. The highest BCUT2D eigenvalue weighted by Gasteiger charge is 2.30. The van der Waals surface area contributed by atoms with Crippen LogP contribution in [0.25, 0.3) is 6.08 Å². The number of rotatable bonds is 6. The molecule has 1 amide bonds. The van der Waals surface area contributed by atoms with Crippen molar-refractivity contribution in [2.24, 2.45) is 4.99 Å². The molecule has 158 valence electrons. The molecular weight excluding hydrogens is 531 g/mol. The SMILES string of the molecule is C#CCOc1c(I)cc(/C=C2\SC(=Nc3ccc(C(=O)O)cc3)N(C)C2=O)cc1OC. The highest BCUT2D eigenvalue weighted by atomic mass is 127. The molecule has 1 heterocycles. The Kier molecular flexibility index (Phi) is 7.25. The number of carbonyl (C=O) groups excluding carboxylic acids is 1. The van der Waals surface area contributed by atoms with Gasteiger partial charge in [-0.05, 0) is 82.4 Å². The van der Waals surface area contributed by atoms with Crippen molar-refractivity contribution in [3.05, 3.63) is 56.0 Å². The lowest BCUT2D eigenvalue weighted by molar-refractivity contribution is -0.121. The molecule has 1 aliphatic rings. The molecule has 0 radical (unpaired) electrons. The third-order valence-corrected chi connectivity index (χ3v) is 6.05. The van der Waals surface area contributed by atoms with Gasteiger partial charge in [0.25, 0.3) is 5.91 Å². The summed E-state index contributed by atoms with van der Waals surface area (Å²) in [6.45, 7) is 0.124. The Labute approximate surface area is 197 Å². The van der Waals surface area contributed by atoms with E-state index in [1.165, 1.54) is 35.9 Å². The number of halogens is 1. The fourth-order valence-electron chi connectivity index (χ4n) is 2.67. The highest BCUT2D eigenvalue weighted by Crippen LogP contribution is 2.37. The van der Waals surface area contributed by atoms with Crippen molar-refractivity contribution in [3.8, 4) is 23.8 Å². The van der Waals surface area contributed by atoms with Gasteiger partial charge in [0.05, 0.1) is 26.8 Å². The molecule has 1 aliphatic heterocycles. The van der Waals surface area contributed by atoms with Crippen LogP contribution in [0.1, 0.15) is 15.9 Å². The lowest BCUT2D eigenvalue weighted by Crippen LogP contribution is -2.23. The zero-order valence-electron chi connectivity index (χ0n) is 16.6. The number of carboxylic acids is 1. The second kappa shape index (κ2) is 9.89. The van der Waals surface area contributed by atoms with Crippen molar-refractivity contribution < 1.29 is 24.2 Å². The van der Waals surface area contributed by atoms with E-state index in [1.54, 1.807) is 31.3 Å². The van der Waals surface area contributed by atoms with Crippen molar-refractivity contribution in [1.29, 1.82) is 0 Å². The predicted octanol–water partition coefficient (Wildman–Crippen LogP) is 4.24. The number of benzene rings is 2. The van der Waals surface area contributed by atoms with E-state index >= 15 is 0 Å². The molecule has 0 atom stereocenters. The Hall–Kier alpha value is -2.97. The van der Waals surface area contributed by atoms with Crippen molar-refractivity contribution >= 4 is 63.2 Å². The lowest BCUT2D eigenvalue weighted by atomic mass is 10.2. The minimum Gasteiger partial charge on any atom is -0.493 e. The molecule has 1 saturated heterocycles. The molecule has 1 fully saturated rings. The first-order valence-electron chi connectivity index (χ1n) is 8.87. The largest absolute Gasteiger partial charge is 0.493 e. The van der Waals surface area contributed by atoms with Gasteiger partial charge in [-0.2, -0.15) is 0 Å². The molecular formula is C22H17IN2O5S. The van der Waals surface area contributed by atoms with Crippen molar-refractivity contribution in [2.75, 3.05) is 20.8 Å². The maximum atomic E-state index is 12.7. The van der Waals surface area contributed by atoms with Crippen LogP contribution in [0.3, 0.4) is 0 Å². The molecule has 1 N–H and O–H groups in total. The van der Waals surface area contributed by atoms with Crippen molar-refractivity contribution in [3.63, 3.8) is 0 Å². The van der Waals surface area contributed by atoms with E-state index in [1.807, 2.05) is 6.07 Å².